The lowest BCUT2D eigenvalue weighted by molar-refractivity contribution is -0.271. The quantitative estimate of drug-likeness (QED) is 0.493. The minimum absolute atomic E-state index is 0.290. The molecule has 8 heteroatoms. The highest BCUT2D eigenvalue weighted by Crippen LogP contribution is 2.45. The maximum absolute atomic E-state index is 14.2. The smallest absolute Gasteiger partial charge is 0.418 e. The Kier molecular flexibility index (Phi) is 6.26. The van der Waals surface area contributed by atoms with Crippen LogP contribution in [-0.4, -0.2) is 28.6 Å². The molecule has 1 N–H and O–H groups in total. The van der Waals surface area contributed by atoms with Crippen molar-refractivity contribution in [2.75, 3.05) is 7.11 Å². The number of aromatic nitrogens is 1. The van der Waals surface area contributed by atoms with Gasteiger partial charge in [0.15, 0.2) is 11.0 Å². The van der Waals surface area contributed by atoms with Gasteiger partial charge in [0.25, 0.3) is 0 Å². The molecule has 0 aliphatic heterocycles. The van der Waals surface area contributed by atoms with Crippen LogP contribution in [0.25, 0.3) is 10.9 Å². The number of rotatable bonds is 6. The van der Waals surface area contributed by atoms with Gasteiger partial charge in [0.2, 0.25) is 0 Å². The van der Waals surface area contributed by atoms with Crippen molar-refractivity contribution in [2.45, 2.75) is 44.0 Å². The fourth-order valence-electron chi connectivity index (χ4n) is 4.00. The molecule has 1 atom stereocenters. The molecule has 0 amide bonds. The third-order valence-corrected chi connectivity index (χ3v) is 6.10. The zero-order chi connectivity index (χ0) is 23.0. The number of halogens is 4. The van der Waals surface area contributed by atoms with E-state index in [4.69, 9.17) is 4.74 Å². The largest absolute Gasteiger partial charge is 0.495 e. The molecule has 31 heavy (non-hydrogen) atoms. The third-order valence-electron chi connectivity index (χ3n) is 5.48. The number of aliphatic hydroxyl groups is 1. The van der Waals surface area contributed by atoms with Crippen molar-refractivity contribution in [3.8, 4) is 5.75 Å². The Bertz CT molecular complexity index is 1160. The van der Waals surface area contributed by atoms with E-state index >= 15 is 0 Å². The number of pyridine rings is 1. The van der Waals surface area contributed by atoms with Crippen molar-refractivity contribution in [1.29, 1.82) is 0 Å². The number of hydrogen-bond acceptors (Lipinski definition) is 3. The Balaban J connectivity index is 2.08. The van der Waals surface area contributed by atoms with E-state index in [1.807, 2.05) is 0 Å². The molecule has 4 nitrogen and oxygen atoms in total. The average molecular weight is 498 g/mol. The maximum Gasteiger partial charge on any atom is 0.418 e. The number of nitrogens with zero attached hydrogens (tertiary/aromatic N) is 1. The molecule has 2 aromatic carbocycles. The maximum atomic E-state index is 14.2. The number of para-hydroxylation sites is 2. The first-order valence-corrected chi connectivity index (χ1v) is 10.4. The lowest BCUT2D eigenvalue weighted by atomic mass is 9.74. The van der Waals surface area contributed by atoms with Crippen molar-refractivity contribution >= 4 is 26.8 Å². The fourth-order valence-corrected chi connectivity index (χ4v) is 4.53. The van der Waals surface area contributed by atoms with E-state index in [-0.39, 0.29) is 5.43 Å². The Morgan fingerprint density at radius 2 is 1.74 bits per heavy atom. The van der Waals surface area contributed by atoms with Crippen LogP contribution in [-0.2, 0) is 12.0 Å². The van der Waals surface area contributed by atoms with Crippen LogP contribution in [0.1, 0.15) is 25.8 Å². The molecule has 166 valence electrons. The van der Waals surface area contributed by atoms with Gasteiger partial charge in [-0.2, -0.15) is 13.2 Å². The first-order chi connectivity index (χ1) is 14.4. The molecule has 3 rings (SSSR count). The topological polar surface area (TPSA) is 51.5 Å². The molecule has 0 bridgehead atoms. The van der Waals surface area contributed by atoms with Gasteiger partial charge in [-0.25, -0.2) is 0 Å². The first-order valence-electron chi connectivity index (χ1n) is 9.60. The molecule has 0 radical (unpaired) electrons. The summed E-state index contributed by atoms with van der Waals surface area (Å²) in [6, 6.07) is 12.8. The van der Waals surface area contributed by atoms with E-state index in [0.29, 0.717) is 26.7 Å². The first kappa shape index (κ1) is 23.3. The summed E-state index contributed by atoms with van der Waals surface area (Å²) in [6.07, 6.45) is -4.24. The molecular formula is C23H23BrF3NO3. The molecule has 1 heterocycles. The minimum atomic E-state index is -4.91. The highest BCUT2D eigenvalue weighted by molar-refractivity contribution is 9.10. The average Bonchev–Trinajstić information content (AvgIpc) is 2.69. The van der Waals surface area contributed by atoms with Gasteiger partial charge in [-0.15, -0.1) is 0 Å². The Hall–Kier alpha value is -2.32. The van der Waals surface area contributed by atoms with Gasteiger partial charge in [-0.1, -0.05) is 38.1 Å². The number of hydrogen-bond donors (Lipinski definition) is 1. The second-order valence-corrected chi connectivity index (χ2v) is 9.09. The predicted octanol–water partition coefficient (Wildman–Crippen LogP) is 5.43. The standard InChI is InChI=1S/C23H23BrF3NO3/c1-21(2,16-8-6-9-17(24)20(16)31-3)13-22(30,23(25,26)27)14-28-12-11-19(29)15-7-4-5-10-18(15)28/h4-12,30H,13-14H2,1-3H3. The van der Waals surface area contributed by atoms with Gasteiger partial charge < -0.3 is 14.4 Å². The summed E-state index contributed by atoms with van der Waals surface area (Å²) in [4.78, 5) is 12.1. The number of benzene rings is 2. The normalized spacial score (nSPS) is 14.5. The summed E-state index contributed by atoms with van der Waals surface area (Å²) in [6.45, 7) is 2.52. The fraction of sp³-hybridized carbons (Fsp3) is 0.348. The van der Waals surface area contributed by atoms with Crippen molar-refractivity contribution in [1.82, 2.24) is 4.57 Å². The molecule has 0 aliphatic carbocycles. The molecule has 1 unspecified atom stereocenters. The highest BCUT2D eigenvalue weighted by Gasteiger charge is 2.56. The zero-order valence-electron chi connectivity index (χ0n) is 17.3. The van der Waals surface area contributed by atoms with Gasteiger partial charge in [0.1, 0.15) is 5.75 Å². The van der Waals surface area contributed by atoms with Crippen molar-refractivity contribution < 1.29 is 23.0 Å². The van der Waals surface area contributed by atoms with Crippen LogP contribution in [0, 0.1) is 0 Å². The van der Waals surface area contributed by atoms with Crippen LogP contribution < -0.4 is 10.2 Å². The van der Waals surface area contributed by atoms with Crippen molar-refractivity contribution in [2.24, 2.45) is 0 Å². The summed E-state index contributed by atoms with van der Waals surface area (Å²) in [7, 11) is 1.45. The predicted molar refractivity (Wildman–Crippen MR) is 118 cm³/mol. The molecular weight excluding hydrogens is 475 g/mol. The third kappa shape index (κ3) is 4.50. The molecule has 1 aromatic heterocycles. The SMILES string of the molecule is COc1c(Br)cccc1C(C)(C)CC(O)(Cn1ccc(=O)c2ccccc21)C(F)(F)F. The number of methoxy groups -OCH3 is 1. The molecule has 0 saturated heterocycles. The van der Waals surface area contributed by atoms with E-state index in [0.717, 1.165) is 0 Å². The molecule has 0 fully saturated rings. The van der Waals surface area contributed by atoms with Crippen LogP contribution in [0.2, 0.25) is 0 Å². The van der Waals surface area contributed by atoms with E-state index < -0.39 is 30.2 Å². The van der Waals surface area contributed by atoms with Crippen LogP contribution in [0.5, 0.6) is 5.75 Å². The molecule has 3 aromatic rings. The van der Waals surface area contributed by atoms with Crippen molar-refractivity contribution in [3.05, 3.63) is 75.0 Å². The monoisotopic (exact) mass is 497 g/mol. The van der Waals surface area contributed by atoms with Crippen LogP contribution in [0.4, 0.5) is 13.2 Å². The number of fused-ring (bicyclic) bond motifs is 1. The van der Waals surface area contributed by atoms with Gasteiger partial charge in [-0.3, -0.25) is 4.79 Å². The molecule has 0 spiro atoms. The summed E-state index contributed by atoms with van der Waals surface area (Å²) in [5, 5.41) is 11.3. The Labute approximate surface area is 186 Å². The number of ether oxygens (including phenoxy) is 1. The summed E-state index contributed by atoms with van der Waals surface area (Å²) in [5.41, 5.74) is -3.57. The van der Waals surface area contributed by atoms with E-state index in [1.165, 1.54) is 23.9 Å². The minimum Gasteiger partial charge on any atom is -0.495 e. The van der Waals surface area contributed by atoms with Gasteiger partial charge in [0.05, 0.1) is 23.6 Å². The van der Waals surface area contributed by atoms with Gasteiger partial charge in [-0.05, 0) is 46.0 Å². The van der Waals surface area contributed by atoms with Crippen LogP contribution in [0.3, 0.4) is 0 Å². The highest BCUT2D eigenvalue weighted by atomic mass is 79.9. The van der Waals surface area contributed by atoms with Crippen LogP contribution >= 0.6 is 15.9 Å². The van der Waals surface area contributed by atoms with E-state index in [9.17, 15) is 23.1 Å². The second-order valence-electron chi connectivity index (χ2n) is 8.24. The summed E-state index contributed by atoms with van der Waals surface area (Å²) < 4.78 is 49.9. The van der Waals surface area contributed by atoms with Crippen LogP contribution in [0.15, 0.2) is 64.0 Å². The zero-order valence-corrected chi connectivity index (χ0v) is 18.9. The Morgan fingerprint density at radius 1 is 1.06 bits per heavy atom. The Morgan fingerprint density at radius 3 is 2.39 bits per heavy atom. The molecule has 0 saturated carbocycles. The summed E-state index contributed by atoms with van der Waals surface area (Å²) >= 11 is 3.36. The number of alkyl halides is 3. The van der Waals surface area contributed by atoms with E-state index in [2.05, 4.69) is 15.9 Å². The van der Waals surface area contributed by atoms with E-state index in [1.54, 1.807) is 56.3 Å². The second kappa shape index (κ2) is 8.31. The van der Waals surface area contributed by atoms with Gasteiger partial charge in [0, 0.05) is 23.2 Å². The lowest BCUT2D eigenvalue weighted by Crippen LogP contribution is -2.52. The lowest BCUT2D eigenvalue weighted by Gasteiger charge is -2.39. The molecule has 0 aliphatic rings. The van der Waals surface area contributed by atoms with Gasteiger partial charge >= 0.3 is 6.18 Å². The van der Waals surface area contributed by atoms with Crippen molar-refractivity contribution in [3.63, 3.8) is 0 Å². The summed E-state index contributed by atoms with van der Waals surface area (Å²) in [5.74, 6) is 0.422.